The molecule has 1 aliphatic rings. The van der Waals surface area contributed by atoms with Crippen molar-refractivity contribution in [3.8, 4) is 0 Å². The van der Waals surface area contributed by atoms with Crippen molar-refractivity contribution in [2.75, 3.05) is 6.61 Å². The van der Waals surface area contributed by atoms with Gasteiger partial charge in [0.25, 0.3) is 0 Å². The van der Waals surface area contributed by atoms with Crippen LogP contribution in [0.5, 0.6) is 0 Å². The summed E-state index contributed by atoms with van der Waals surface area (Å²) < 4.78 is 4.54. The summed E-state index contributed by atoms with van der Waals surface area (Å²) in [5.41, 5.74) is 0. The van der Waals surface area contributed by atoms with Crippen LogP contribution in [0.4, 0.5) is 0 Å². The van der Waals surface area contributed by atoms with Gasteiger partial charge in [-0.3, -0.25) is 0 Å². The summed E-state index contributed by atoms with van der Waals surface area (Å²) in [7, 11) is 0. The lowest BCUT2D eigenvalue weighted by Crippen LogP contribution is -2.31. The van der Waals surface area contributed by atoms with Gasteiger partial charge in [0.05, 0.1) is 0 Å². The van der Waals surface area contributed by atoms with Crippen molar-refractivity contribution >= 4 is 0 Å². The zero-order valence-corrected chi connectivity index (χ0v) is 4.24. The molecule has 0 saturated carbocycles. The van der Waals surface area contributed by atoms with Crippen LogP contribution in [-0.2, 0) is 4.74 Å². The fourth-order valence-corrected chi connectivity index (χ4v) is 0.461. The minimum Gasteiger partial charge on any atom is -0.487 e. The largest absolute Gasteiger partial charge is 0.487 e. The first-order valence-electron chi connectivity index (χ1n) is 2.37. The van der Waals surface area contributed by atoms with E-state index < -0.39 is 12.2 Å². The molecule has 0 aromatic heterocycles. The van der Waals surface area contributed by atoms with Crippen LogP contribution in [0.15, 0.2) is 6.08 Å². The van der Waals surface area contributed by atoms with E-state index in [9.17, 15) is 0 Å². The second-order valence-corrected chi connectivity index (χ2v) is 1.65. The zero-order chi connectivity index (χ0) is 5.98. The summed E-state index contributed by atoms with van der Waals surface area (Å²) in [6, 6.07) is 0. The number of hydrogen-bond acceptors (Lipinski definition) is 3. The molecule has 0 fully saturated rings. The average Bonchev–Trinajstić information content (AvgIpc) is 1.77. The second kappa shape index (κ2) is 2.15. The van der Waals surface area contributed by atoms with Crippen molar-refractivity contribution in [3.63, 3.8) is 0 Å². The summed E-state index contributed by atoms with van der Waals surface area (Å²) in [6.07, 6.45) is 2.03. The van der Waals surface area contributed by atoms with Gasteiger partial charge in [-0.15, -0.1) is 0 Å². The van der Waals surface area contributed by atoms with Gasteiger partial charge in [0, 0.05) is 0 Å². The Morgan fingerprint density at radius 2 is 2.38 bits per heavy atom. The van der Waals surface area contributed by atoms with Crippen molar-refractivity contribution < 1.29 is 14.9 Å². The van der Waals surface area contributed by atoms with Crippen LogP contribution in [-0.4, -0.2) is 29.0 Å². The fourth-order valence-electron chi connectivity index (χ4n) is 0.461. The number of aliphatic hydroxyl groups is 2. The van der Waals surface area contributed by atoms with E-state index in [0.717, 1.165) is 0 Å². The van der Waals surface area contributed by atoms with Gasteiger partial charge in [0.2, 0.25) is 0 Å². The summed E-state index contributed by atoms with van der Waals surface area (Å²) in [4.78, 5) is 0. The van der Waals surface area contributed by atoms with Gasteiger partial charge in [-0.25, -0.2) is 0 Å². The molecule has 45 valence electrons. The molecule has 0 bridgehead atoms. The Hall–Kier alpha value is -0.540. The quantitative estimate of drug-likeness (QED) is 0.428. The molecule has 1 heterocycles. The topological polar surface area (TPSA) is 49.7 Å². The number of rotatable bonds is 0. The molecular weight excluding hydrogens is 108 g/mol. The third-order valence-corrected chi connectivity index (χ3v) is 0.970. The SMILES string of the molecule is OC1C=[C]OCC1O. The van der Waals surface area contributed by atoms with E-state index >= 15 is 0 Å². The molecule has 0 aliphatic carbocycles. The molecule has 0 aromatic carbocycles. The molecule has 8 heavy (non-hydrogen) atoms. The maximum Gasteiger partial charge on any atom is 0.159 e. The summed E-state index contributed by atoms with van der Waals surface area (Å²) >= 11 is 0. The van der Waals surface area contributed by atoms with Crippen LogP contribution in [0.3, 0.4) is 0 Å². The second-order valence-electron chi connectivity index (χ2n) is 1.65. The van der Waals surface area contributed by atoms with Crippen molar-refractivity contribution in [1.29, 1.82) is 0 Å². The molecular formula is C5H7O3. The molecule has 1 radical (unpaired) electrons. The highest BCUT2D eigenvalue weighted by molar-refractivity contribution is 4.87. The Morgan fingerprint density at radius 3 is 2.75 bits per heavy atom. The smallest absolute Gasteiger partial charge is 0.159 e. The Morgan fingerprint density at radius 1 is 1.62 bits per heavy atom. The van der Waals surface area contributed by atoms with Gasteiger partial charge in [-0.2, -0.15) is 0 Å². The highest BCUT2D eigenvalue weighted by Gasteiger charge is 2.16. The third kappa shape index (κ3) is 0.993. The third-order valence-electron chi connectivity index (χ3n) is 0.970. The molecule has 0 amide bonds. The lowest BCUT2D eigenvalue weighted by Gasteiger charge is -2.16. The van der Waals surface area contributed by atoms with Crippen LogP contribution in [0.2, 0.25) is 0 Å². The maximum atomic E-state index is 8.73. The molecule has 0 spiro atoms. The molecule has 2 atom stereocenters. The van der Waals surface area contributed by atoms with Gasteiger partial charge in [0.1, 0.15) is 18.8 Å². The van der Waals surface area contributed by atoms with E-state index in [0.29, 0.717) is 0 Å². The number of hydrogen-bond donors (Lipinski definition) is 2. The van der Waals surface area contributed by atoms with Crippen molar-refractivity contribution in [3.05, 3.63) is 12.3 Å². The average molecular weight is 115 g/mol. The molecule has 1 rings (SSSR count). The Bertz CT molecular complexity index is 99.8. The van der Waals surface area contributed by atoms with Crippen molar-refractivity contribution in [1.82, 2.24) is 0 Å². The lowest BCUT2D eigenvalue weighted by atomic mass is 10.2. The molecule has 3 nitrogen and oxygen atoms in total. The predicted octanol–water partition coefficient (Wildman–Crippen LogP) is -0.945. The van der Waals surface area contributed by atoms with E-state index in [1.165, 1.54) is 6.08 Å². The van der Waals surface area contributed by atoms with E-state index in [4.69, 9.17) is 10.2 Å². The van der Waals surface area contributed by atoms with Crippen molar-refractivity contribution in [2.45, 2.75) is 12.2 Å². The highest BCUT2D eigenvalue weighted by Crippen LogP contribution is 2.01. The standard InChI is InChI=1S/C5H7O3/c6-4-1-2-8-3-5(4)7/h1,4-7H,3H2. The zero-order valence-electron chi connectivity index (χ0n) is 4.24. The normalized spacial score (nSPS) is 36.8. The summed E-state index contributed by atoms with van der Waals surface area (Å²) in [5, 5.41) is 17.5. The first-order chi connectivity index (χ1) is 3.80. The molecule has 1 aliphatic heterocycles. The number of aliphatic hydroxyl groups excluding tert-OH is 2. The maximum absolute atomic E-state index is 8.73. The Labute approximate surface area is 47.2 Å². The minimum atomic E-state index is -0.802. The lowest BCUT2D eigenvalue weighted by molar-refractivity contribution is -0.0165. The molecule has 2 unspecified atom stereocenters. The van der Waals surface area contributed by atoms with E-state index in [-0.39, 0.29) is 6.61 Å². The van der Waals surface area contributed by atoms with E-state index in [1.807, 2.05) is 0 Å². The van der Waals surface area contributed by atoms with Crippen LogP contribution in [0.25, 0.3) is 0 Å². The highest BCUT2D eigenvalue weighted by atomic mass is 16.5. The Balaban J connectivity index is 2.47. The number of ether oxygens (including phenoxy) is 1. The first-order valence-corrected chi connectivity index (χ1v) is 2.37. The molecule has 0 aromatic rings. The van der Waals surface area contributed by atoms with Crippen LogP contribution in [0.1, 0.15) is 0 Å². The van der Waals surface area contributed by atoms with Crippen molar-refractivity contribution in [2.24, 2.45) is 0 Å². The summed E-state index contributed by atoms with van der Waals surface area (Å²) in [6.45, 7) is 0.137. The van der Waals surface area contributed by atoms with Crippen LogP contribution >= 0.6 is 0 Å². The molecule has 3 heteroatoms. The van der Waals surface area contributed by atoms with Gasteiger partial charge in [-0.05, 0) is 6.08 Å². The van der Waals surface area contributed by atoms with E-state index in [1.54, 1.807) is 0 Å². The fraction of sp³-hybridized carbons (Fsp3) is 0.600. The Kier molecular flexibility index (Phi) is 1.50. The monoisotopic (exact) mass is 115 g/mol. The van der Waals surface area contributed by atoms with Crippen LogP contribution < -0.4 is 0 Å². The van der Waals surface area contributed by atoms with Gasteiger partial charge < -0.3 is 14.9 Å². The first kappa shape index (κ1) is 5.59. The summed E-state index contributed by atoms with van der Waals surface area (Å²) in [5.74, 6) is 0. The minimum absolute atomic E-state index is 0.137. The predicted molar refractivity (Wildman–Crippen MR) is 25.8 cm³/mol. The van der Waals surface area contributed by atoms with Gasteiger partial charge in [-0.1, -0.05) is 0 Å². The van der Waals surface area contributed by atoms with E-state index in [2.05, 4.69) is 11.0 Å². The van der Waals surface area contributed by atoms with Gasteiger partial charge >= 0.3 is 0 Å². The molecule has 2 N–H and O–H groups in total. The molecule has 0 saturated heterocycles. The van der Waals surface area contributed by atoms with Crippen LogP contribution in [0, 0.1) is 6.26 Å². The van der Waals surface area contributed by atoms with Gasteiger partial charge in [0.15, 0.2) is 6.26 Å².